The summed E-state index contributed by atoms with van der Waals surface area (Å²) in [5.41, 5.74) is 5.73. The second kappa shape index (κ2) is 4.94. The van der Waals surface area contributed by atoms with Crippen LogP contribution in [0.25, 0.3) is 0 Å². The topological polar surface area (TPSA) is 55.6 Å². The lowest BCUT2D eigenvalue weighted by Gasteiger charge is -2.37. The minimum absolute atomic E-state index is 0.0917. The Morgan fingerprint density at radius 3 is 2.20 bits per heavy atom. The van der Waals surface area contributed by atoms with E-state index >= 15 is 0 Å². The van der Waals surface area contributed by atoms with Crippen LogP contribution < -0.4 is 5.73 Å². The van der Waals surface area contributed by atoms with Gasteiger partial charge < -0.3 is 15.4 Å². The standard InChI is InChI=1S/C11H22N2O2/c1-7-5-13(6-8(2)15-7)11(14)9(3)10(4)12/h7-10H,5-6,12H2,1-4H3. The van der Waals surface area contributed by atoms with Crippen LogP contribution in [0.4, 0.5) is 0 Å². The third kappa shape index (κ3) is 3.18. The van der Waals surface area contributed by atoms with E-state index in [1.165, 1.54) is 0 Å². The summed E-state index contributed by atoms with van der Waals surface area (Å²) in [7, 11) is 0. The van der Waals surface area contributed by atoms with E-state index in [9.17, 15) is 4.79 Å². The molecule has 0 radical (unpaired) electrons. The van der Waals surface area contributed by atoms with E-state index in [-0.39, 0.29) is 30.1 Å². The molecule has 0 aromatic heterocycles. The number of amides is 1. The number of morpholine rings is 1. The third-order valence-electron chi connectivity index (χ3n) is 2.91. The van der Waals surface area contributed by atoms with Crippen molar-refractivity contribution in [3.63, 3.8) is 0 Å². The Kier molecular flexibility index (Phi) is 4.11. The maximum Gasteiger partial charge on any atom is 0.227 e. The molecular formula is C11H22N2O2. The number of carbonyl (C=O) groups is 1. The lowest BCUT2D eigenvalue weighted by Crippen LogP contribution is -2.51. The van der Waals surface area contributed by atoms with Gasteiger partial charge in [0.2, 0.25) is 5.91 Å². The third-order valence-corrected chi connectivity index (χ3v) is 2.91. The normalized spacial score (nSPS) is 31.1. The number of rotatable bonds is 2. The Bertz CT molecular complexity index is 221. The number of hydrogen-bond acceptors (Lipinski definition) is 3. The second-order valence-corrected chi connectivity index (χ2v) is 4.65. The van der Waals surface area contributed by atoms with Crippen LogP contribution in [0.2, 0.25) is 0 Å². The first-order valence-corrected chi connectivity index (χ1v) is 5.61. The molecule has 1 amide bonds. The minimum Gasteiger partial charge on any atom is -0.372 e. The largest absolute Gasteiger partial charge is 0.372 e. The van der Waals surface area contributed by atoms with Crippen molar-refractivity contribution in [1.82, 2.24) is 4.90 Å². The van der Waals surface area contributed by atoms with Crippen molar-refractivity contribution in [2.24, 2.45) is 11.7 Å². The van der Waals surface area contributed by atoms with E-state index in [0.29, 0.717) is 13.1 Å². The van der Waals surface area contributed by atoms with Gasteiger partial charge in [-0.25, -0.2) is 0 Å². The Balaban J connectivity index is 2.59. The molecule has 1 fully saturated rings. The van der Waals surface area contributed by atoms with Crippen molar-refractivity contribution < 1.29 is 9.53 Å². The van der Waals surface area contributed by atoms with Crippen molar-refractivity contribution in [3.05, 3.63) is 0 Å². The molecule has 2 N–H and O–H groups in total. The van der Waals surface area contributed by atoms with Gasteiger partial charge in [-0.15, -0.1) is 0 Å². The van der Waals surface area contributed by atoms with Crippen LogP contribution >= 0.6 is 0 Å². The van der Waals surface area contributed by atoms with Crippen LogP contribution in [0.3, 0.4) is 0 Å². The Morgan fingerprint density at radius 1 is 1.33 bits per heavy atom. The first kappa shape index (κ1) is 12.5. The van der Waals surface area contributed by atoms with Gasteiger partial charge in [-0.05, 0) is 20.8 Å². The fraction of sp³-hybridized carbons (Fsp3) is 0.909. The van der Waals surface area contributed by atoms with Crippen LogP contribution in [0.15, 0.2) is 0 Å². The van der Waals surface area contributed by atoms with Crippen LogP contribution in [-0.2, 0) is 9.53 Å². The van der Waals surface area contributed by atoms with Gasteiger partial charge in [-0.2, -0.15) is 0 Å². The SMILES string of the molecule is CC1CN(C(=O)C(C)C(C)N)CC(C)O1. The summed E-state index contributed by atoms with van der Waals surface area (Å²) in [6, 6.07) is -0.0917. The zero-order chi connectivity index (χ0) is 11.6. The summed E-state index contributed by atoms with van der Waals surface area (Å²) in [5, 5.41) is 0. The van der Waals surface area contributed by atoms with Crippen molar-refractivity contribution in [2.45, 2.75) is 45.9 Å². The van der Waals surface area contributed by atoms with E-state index in [1.807, 2.05) is 32.6 Å². The number of nitrogens with two attached hydrogens (primary N) is 1. The number of hydrogen-bond donors (Lipinski definition) is 1. The molecule has 0 spiro atoms. The molecular weight excluding hydrogens is 192 g/mol. The van der Waals surface area contributed by atoms with Gasteiger partial charge in [0.25, 0.3) is 0 Å². The van der Waals surface area contributed by atoms with Gasteiger partial charge >= 0.3 is 0 Å². The number of ether oxygens (including phenoxy) is 1. The Morgan fingerprint density at radius 2 is 1.80 bits per heavy atom. The summed E-state index contributed by atoms with van der Waals surface area (Å²) in [6.07, 6.45) is 0.246. The summed E-state index contributed by atoms with van der Waals surface area (Å²) in [5.74, 6) is 0.0366. The van der Waals surface area contributed by atoms with E-state index in [4.69, 9.17) is 10.5 Å². The molecule has 1 saturated heterocycles. The lowest BCUT2D eigenvalue weighted by molar-refractivity contribution is -0.147. The van der Waals surface area contributed by atoms with Crippen LogP contribution in [-0.4, -0.2) is 42.1 Å². The van der Waals surface area contributed by atoms with Crippen molar-refractivity contribution in [3.8, 4) is 0 Å². The second-order valence-electron chi connectivity index (χ2n) is 4.65. The molecule has 1 heterocycles. The van der Waals surface area contributed by atoms with Gasteiger partial charge in [0, 0.05) is 19.1 Å². The minimum atomic E-state index is -0.109. The molecule has 15 heavy (non-hydrogen) atoms. The number of carbonyl (C=O) groups excluding carboxylic acids is 1. The molecule has 88 valence electrons. The first-order chi connectivity index (χ1) is 6.91. The van der Waals surface area contributed by atoms with Crippen molar-refractivity contribution in [1.29, 1.82) is 0 Å². The van der Waals surface area contributed by atoms with E-state index in [2.05, 4.69) is 0 Å². The maximum absolute atomic E-state index is 12.0. The zero-order valence-electron chi connectivity index (χ0n) is 10.1. The van der Waals surface area contributed by atoms with E-state index in [1.54, 1.807) is 0 Å². The average molecular weight is 214 g/mol. The molecule has 0 aromatic carbocycles. The van der Waals surface area contributed by atoms with Crippen molar-refractivity contribution in [2.75, 3.05) is 13.1 Å². The lowest BCUT2D eigenvalue weighted by atomic mass is 10.0. The smallest absolute Gasteiger partial charge is 0.227 e. The quantitative estimate of drug-likeness (QED) is 0.732. The summed E-state index contributed by atoms with van der Waals surface area (Å²) in [6.45, 7) is 9.10. The molecule has 1 aliphatic rings. The van der Waals surface area contributed by atoms with Crippen molar-refractivity contribution >= 4 is 5.91 Å². The molecule has 4 nitrogen and oxygen atoms in total. The highest BCUT2D eigenvalue weighted by atomic mass is 16.5. The van der Waals surface area contributed by atoms with E-state index in [0.717, 1.165) is 0 Å². The van der Waals surface area contributed by atoms with Gasteiger partial charge in [-0.1, -0.05) is 6.92 Å². The molecule has 4 atom stereocenters. The van der Waals surface area contributed by atoms with Crippen LogP contribution in [0.5, 0.6) is 0 Å². The Labute approximate surface area is 91.8 Å². The summed E-state index contributed by atoms with van der Waals surface area (Å²) >= 11 is 0. The fourth-order valence-corrected chi connectivity index (χ4v) is 1.87. The molecule has 1 aliphatic heterocycles. The monoisotopic (exact) mass is 214 g/mol. The van der Waals surface area contributed by atoms with Crippen LogP contribution in [0.1, 0.15) is 27.7 Å². The summed E-state index contributed by atoms with van der Waals surface area (Å²) < 4.78 is 5.58. The molecule has 1 rings (SSSR count). The highest BCUT2D eigenvalue weighted by molar-refractivity contribution is 5.79. The van der Waals surface area contributed by atoms with Crippen LogP contribution in [0, 0.1) is 5.92 Å². The average Bonchev–Trinajstić information content (AvgIpc) is 2.13. The zero-order valence-corrected chi connectivity index (χ0v) is 10.1. The molecule has 0 saturated carbocycles. The molecule has 0 bridgehead atoms. The number of nitrogens with zero attached hydrogens (tertiary/aromatic N) is 1. The highest BCUT2D eigenvalue weighted by Gasteiger charge is 2.29. The Hall–Kier alpha value is -0.610. The maximum atomic E-state index is 12.0. The first-order valence-electron chi connectivity index (χ1n) is 5.61. The molecule has 0 aromatic rings. The van der Waals surface area contributed by atoms with Gasteiger partial charge in [0.15, 0.2) is 0 Å². The molecule has 4 heteroatoms. The molecule has 4 unspecified atom stereocenters. The van der Waals surface area contributed by atoms with Gasteiger partial charge in [0.05, 0.1) is 18.1 Å². The van der Waals surface area contributed by atoms with E-state index < -0.39 is 0 Å². The summed E-state index contributed by atoms with van der Waals surface area (Å²) in [4.78, 5) is 13.9. The van der Waals surface area contributed by atoms with Gasteiger partial charge in [0.1, 0.15) is 0 Å². The fourth-order valence-electron chi connectivity index (χ4n) is 1.87. The highest BCUT2D eigenvalue weighted by Crippen LogP contribution is 2.14. The predicted octanol–water partition coefficient (Wildman–Crippen LogP) is 0.606. The van der Waals surface area contributed by atoms with Gasteiger partial charge in [-0.3, -0.25) is 4.79 Å². The molecule has 0 aliphatic carbocycles. The predicted molar refractivity (Wildman–Crippen MR) is 59.4 cm³/mol.